The summed E-state index contributed by atoms with van der Waals surface area (Å²) in [5.41, 5.74) is 3.12. The average molecular weight is 384 g/mol. The van der Waals surface area contributed by atoms with E-state index in [9.17, 15) is 4.79 Å². The SMILES string of the molecule is Cc1ccc(C(=O)C(C)Sc2nnc(-c3cccs3)n2C2CC2)cc1C. The summed E-state index contributed by atoms with van der Waals surface area (Å²) in [7, 11) is 0. The van der Waals surface area contributed by atoms with Gasteiger partial charge in [0.25, 0.3) is 0 Å². The summed E-state index contributed by atoms with van der Waals surface area (Å²) in [6.45, 7) is 6.06. The van der Waals surface area contributed by atoms with Crippen LogP contribution in [0.1, 0.15) is 47.3 Å². The number of ketones is 1. The van der Waals surface area contributed by atoms with Crippen LogP contribution in [0.25, 0.3) is 10.7 Å². The third kappa shape index (κ3) is 3.35. The summed E-state index contributed by atoms with van der Waals surface area (Å²) >= 11 is 3.19. The zero-order valence-corrected chi connectivity index (χ0v) is 16.7. The van der Waals surface area contributed by atoms with E-state index in [1.54, 1.807) is 11.3 Å². The van der Waals surface area contributed by atoms with Crippen LogP contribution in [0, 0.1) is 13.8 Å². The Morgan fingerprint density at radius 1 is 1.23 bits per heavy atom. The molecule has 26 heavy (non-hydrogen) atoms. The van der Waals surface area contributed by atoms with Crippen molar-refractivity contribution in [3.63, 3.8) is 0 Å². The normalized spacial score (nSPS) is 15.2. The van der Waals surface area contributed by atoms with E-state index < -0.39 is 0 Å². The molecule has 1 saturated carbocycles. The highest BCUT2D eigenvalue weighted by Gasteiger charge is 2.31. The maximum atomic E-state index is 12.9. The van der Waals surface area contributed by atoms with Gasteiger partial charge in [-0.2, -0.15) is 0 Å². The minimum Gasteiger partial charge on any atom is -0.298 e. The van der Waals surface area contributed by atoms with Gasteiger partial charge in [0, 0.05) is 11.6 Å². The first-order valence-electron chi connectivity index (χ1n) is 8.81. The minimum absolute atomic E-state index is 0.140. The van der Waals surface area contributed by atoms with Crippen molar-refractivity contribution in [2.45, 2.75) is 50.1 Å². The van der Waals surface area contributed by atoms with Crippen LogP contribution in [0.4, 0.5) is 0 Å². The van der Waals surface area contributed by atoms with Gasteiger partial charge in [0.05, 0.1) is 10.1 Å². The molecule has 2 heterocycles. The summed E-state index contributed by atoms with van der Waals surface area (Å²) in [4.78, 5) is 14.0. The smallest absolute Gasteiger partial charge is 0.192 e. The lowest BCUT2D eigenvalue weighted by Crippen LogP contribution is -2.15. The molecule has 0 amide bonds. The fourth-order valence-electron chi connectivity index (χ4n) is 2.93. The van der Waals surface area contributed by atoms with E-state index >= 15 is 0 Å². The van der Waals surface area contributed by atoms with E-state index in [4.69, 9.17) is 0 Å². The van der Waals surface area contributed by atoms with Crippen LogP contribution in [0.3, 0.4) is 0 Å². The van der Waals surface area contributed by atoms with Gasteiger partial charge in [-0.05, 0) is 62.3 Å². The Morgan fingerprint density at radius 3 is 2.69 bits per heavy atom. The van der Waals surface area contributed by atoms with Crippen molar-refractivity contribution in [3.8, 4) is 10.7 Å². The van der Waals surface area contributed by atoms with Crippen LogP contribution in [-0.2, 0) is 0 Å². The summed E-state index contributed by atoms with van der Waals surface area (Å²) in [6, 6.07) is 10.5. The number of rotatable bonds is 6. The molecule has 0 spiro atoms. The maximum absolute atomic E-state index is 12.9. The first-order valence-corrected chi connectivity index (χ1v) is 10.6. The maximum Gasteiger partial charge on any atom is 0.192 e. The van der Waals surface area contributed by atoms with Gasteiger partial charge in [0.1, 0.15) is 0 Å². The van der Waals surface area contributed by atoms with Gasteiger partial charge in [0.15, 0.2) is 16.8 Å². The molecule has 6 heteroatoms. The zero-order valence-electron chi connectivity index (χ0n) is 15.1. The Bertz CT molecular complexity index is 942. The van der Waals surface area contributed by atoms with Crippen molar-refractivity contribution in [1.29, 1.82) is 0 Å². The number of nitrogens with zero attached hydrogens (tertiary/aromatic N) is 3. The first-order chi connectivity index (χ1) is 12.5. The van der Waals surface area contributed by atoms with Crippen molar-refractivity contribution in [1.82, 2.24) is 14.8 Å². The molecule has 0 bridgehead atoms. The number of hydrogen-bond acceptors (Lipinski definition) is 5. The Hall–Kier alpha value is -1.92. The molecular formula is C20H21N3OS2. The molecule has 1 unspecified atom stereocenters. The number of carbonyl (C=O) groups excluding carboxylic acids is 1. The van der Waals surface area contributed by atoms with Gasteiger partial charge >= 0.3 is 0 Å². The average Bonchev–Trinajstić information content (AvgIpc) is 3.16. The third-order valence-corrected chi connectivity index (χ3v) is 6.68. The second kappa shape index (κ2) is 7.00. The van der Waals surface area contributed by atoms with Gasteiger partial charge in [-0.15, -0.1) is 21.5 Å². The zero-order chi connectivity index (χ0) is 18.3. The highest BCUT2D eigenvalue weighted by Crippen LogP contribution is 2.42. The molecule has 1 fully saturated rings. The van der Waals surface area contributed by atoms with E-state index in [0.717, 1.165) is 39.8 Å². The Kier molecular flexibility index (Phi) is 4.71. The van der Waals surface area contributed by atoms with E-state index in [-0.39, 0.29) is 11.0 Å². The van der Waals surface area contributed by atoms with Crippen LogP contribution in [0.2, 0.25) is 0 Å². The van der Waals surface area contributed by atoms with Crippen LogP contribution in [0.15, 0.2) is 40.9 Å². The number of aromatic nitrogens is 3. The molecule has 1 aromatic carbocycles. The van der Waals surface area contributed by atoms with E-state index in [2.05, 4.69) is 33.1 Å². The monoisotopic (exact) mass is 383 g/mol. The summed E-state index contributed by atoms with van der Waals surface area (Å²) < 4.78 is 2.22. The number of thioether (sulfide) groups is 1. The largest absolute Gasteiger partial charge is 0.298 e. The van der Waals surface area contributed by atoms with Crippen molar-refractivity contribution in [3.05, 3.63) is 52.4 Å². The first kappa shape index (κ1) is 17.5. The van der Waals surface area contributed by atoms with Crippen molar-refractivity contribution in [2.75, 3.05) is 0 Å². The van der Waals surface area contributed by atoms with Crippen LogP contribution in [-0.4, -0.2) is 25.8 Å². The molecule has 4 nitrogen and oxygen atoms in total. The van der Waals surface area contributed by atoms with E-state index in [0.29, 0.717) is 6.04 Å². The molecule has 0 aliphatic heterocycles. The number of thiophene rings is 1. The Balaban J connectivity index is 1.59. The van der Waals surface area contributed by atoms with E-state index in [1.165, 1.54) is 17.3 Å². The van der Waals surface area contributed by atoms with Crippen molar-refractivity contribution < 1.29 is 4.79 Å². The number of benzene rings is 1. The Morgan fingerprint density at radius 2 is 2.04 bits per heavy atom. The molecule has 134 valence electrons. The molecule has 2 aromatic heterocycles. The molecule has 1 aliphatic rings. The molecule has 0 N–H and O–H groups in total. The topological polar surface area (TPSA) is 47.8 Å². The molecular weight excluding hydrogens is 362 g/mol. The lowest BCUT2D eigenvalue weighted by Gasteiger charge is -2.13. The summed E-state index contributed by atoms with van der Waals surface area (Å²) in [5.74, 6) is 1.07. The third-order valence-electron chi connectivity index (χ3n) is 4.76. The fraction of sp³-hybridized carbons (Fsp3) is 0.350. The van der Waals surface area contributed by atoms with E-state index in [1.807, 2.05) is 38.1 Å². The minimum atomic E-state index is -0.199. The molecule has 1 aliphatic carbocycles. The summed E-state index contributed by atoms with van der Waals surface area (Å²) in [6.07, 6.45) is 2.31. The van der Waals surface area contributed by atoms with Crippen LogP contribution in [0.5, 0.6) is 0 Å². The summed E-state index contributed by atoms with van der Waals surface area (Å²) in [5, 5.41) is 11.5. The highest BCUT2D eigenvalue weighted by molar-refractivity contribution is 8.00. The number of aryl methyl sites for hydroxylation is 2. The van der Waals surface area contributed by atoms with Crippen LogP contribution < -0.4 is 0 Å². The van der Waals surface area contributed by atoms with Crippen molar-refractivity contribution in [2.24, 2.45) is 0 Å². The van der Waals surface area contributed by atoms with Crippen molar-refractivity contribution >= 4 is 28.9 Å². The standard InChI is InChI=1S/C20H21N3OS2/c1-12-6-7-15(11-13(12)2)18(24)14(3)26-20-22-21-19(17-5-4-10-25-17)23(20)16-8-9-16/h4-7,10-11,14,16H,8-9H2,1-3H3. The van der Waals surface area contributed by atoms with Crippen LogP contribution >= 0.6 is 23.1 Å². The molecule has 0 saturated heterocycles. The number of hydrogen-bond donors (Lipinski definition) is 0. The molecule has 1 atom stereocenters. The molecule has 3 aromatic rings. The second-order valence-corrected chi connectivity index (χ2v) is 9.06. The fourth-order valence-corrected chi connectivity index (χ4v) is 4.64. The van der Waals surface area contributed by atoms with Gasteiger partial charge in [-0.1, -0.05) is 30.0 Å². The van der Waals surface area contributed by atoms with Gasteiger partial charge in [0.2, 0.25) is 0 Å². The molecule has 4 rings (SSSR count). The lowest BCUT2D eigenvalue weighted by atomic mass is 10.0. The predicted octanol–water partition coefficient (Wildman–Crippen LogP) is 5.32. The quantitative estimate of drug-likeness (QED) is 0.427. The number of carbonyl (C=O) groups is 1. The Labute approximate surface area is 161 Å². The lowest BCUT2D eigenvalue weighted by molar-refractivity contribution is 0.0993. The highest BCUT2D eigenvalue weighted by atomic mass is 32.2. The van der Waals surface area contributed by atoms with Gasteiger partial charge < -0.3 is 0 Å². The second-order valence-electron chi connectivity index (χ2n) is 6.81. The molecule has 0 radical (unpaired) electrons. The number of Topliss-reactive ketones (excluding diaryl/α,β-unsaturated/α-hetero) is 1. The van der Waals surface area contributed by atoms with Gasteiger partial charge in [-0.25, -0.2) is 0 Å². The van der Waals surface area contributed by atoms with Gasteiger partial charge in [-0.3, -0.25) is 9.36 Å². The predicted molar refractivity (Wildman–Crippen MR) is 107 cm³/mol.